The Morgan fingerprint density at radius 3 is 2.76 bits per heavy atom. The molecule has 0 bridgehead atoms. The molecule has 1 N–H and O–H groups in total. The van der Waals surface area contributed by atoms with E-state index in [4.69, 9.17) is 4.74 Å². The van der Waals surface area contributed by atoms with E-state index in [0.29, 0.717) is 18.7 Å². The first kappa shape index (κ1) is 13.4. The van der Waals surface area contributed by atoms with E-state index in [1.807, 2.05) is 19.9 Å². The number of ether oxygens (including phenoxy) is 1. The van der Waals surface area contributed by atoms with Gasteiger partial charge in [0.25, 0.3) is 5.69 Å². The third kappa shape index (κ3) is 4.03. The molecule has 0 amide bonds. The van der Waals surface area contributed by atoms with Crippen LogP contribution >= 0.6 is 0 Å². The van der Waals surface area contributed by atoms with Crippen LogP contribution in [0.25, 0.3) is 0 Å². The van der Waals surface area contributed by atoms with Crippen LogP contribution in [0.1, 0.15) is 19.4 Å². The van der Waals surface area contributed by atoms with Gasteiger partial charge in [-0.2, -0.15) is 0 Å². The number of rotatable bonds is 6. The smallest absolute Gasteiger partial charge is 0.274 e. The second-order valence-electron chi connectivity index (χ2n) is 4.05. The molecule has 5 heteroatoms. The standard InChI is InChI=1S/C12H18N2O3/c1-9(2)17-8-7-13-11-5-4-6-12(10(11)3)14(15)16/h4-6,9,13H,7-8H2,1-3H3. The van der Waals surface area contributed by atoms with Gasteiger partial charge in [0.2, 0.25) is 0 Å². The Kier molecular flexibility index (Phi) is 4.90. The average Bonchev–Trinajstić information content (AvgIpc) is 2.25. The lowest BCUT2D eigenvalue weighted by atomic mass is 10.1. The molecule has 0 saturated heterocycles. The molecular weight excluding hydrogens is 220 g/mol. The molecule has 0 aliphatic carbocycles. The Bertz CT molecular complexity index is 391. The molecule has 0 aromatic heterocycles. The van der Waals surface area contributed by atoms with Crippen molar-refractivity contribution in [2.45, 2.75) is 26.9 Å². The second-order valence-corrected chi connectivity index (χ2v) is 4.05. The van der Waals surface area contributed by atoms with E-state index in [2.05, 4.69) is 5.32 Å². The molecule has 0 spiro atoms. The maximum absolute atomic E-state index is 10.7. The molecule has 0 atom stereocenters. The van der Waals surface area contributed by atoms with Gasteiger partial charge < -0.3 is 10.1 Å². The molecule has 0 radical (unpaired) electrons. The Morgan fingerprint density at radius 2 is 2.18 bits per heavy atom. The van der Waals surface area contributed by atoms with Gasteiger partial charge in [0, 0.05) is 23.9 Å². The van der Waals surface area contributed by atoms with E-state index in [1.54, 1.807) is 13.0 Å². The number of hydrogen-bond acceptors (Lipinski definition) is 4. The van der Waals surface area contributed by atoms with Crippen LogP contribution in [0, 0.1) is 17.0 Å². The van der Waals surface area contributed by atoms with Crippen molar-refractivity contribution in [1.29, 1.82) is 0 Å². The van der Waals surface area contributed by atoms with Gasteiger partial charge in [-0.15, -0.1) is 0 Å². The molecule has 5 nitrogen and oxygen atoms in total. The highest BCUT2D eigenvalue weighted by Crippen LogP contribution is 2.24. The SMILES string of the molecule is Cc1c(NCCOC(C)C)cccc1[N+](=O)[O-]. The highest BCUT2D eigenvalue weighted by molar-refractivity contribution is 5.59. The molecule has 0 fully saturated rings. The molecule has 0 aliphatic heterocycles. The molecule has 1 aromatic rings. The highest BCUT2D eigenvalue weighted by atomic mass is 16.6. The predicted molar refractivity (Wildman–Crippen MR) is 67.4 cm³/mol. The summed E-state index contributed by atoms with van der Waals surface area (Å²) in [6, 6.07) is 5.01. The molecular formula is C12H18N2O3. The molecule has 0 saturated carbocycles. The van der Waals surface area contributed by atoms with Gasteiger partial charge in [-0.1, -0.05) is 6.07 Å². The first-order valence-electron chi connectivity index (χ1n) is 5.62. The van der Waals surface area contributed by atoms with Crippen molar-refractivity contribution in [3.8, 4) is 0 Å². The monoisotopic (exact) mass is 238 g/mol. The molecule has 17 heavy (non-hydrogen) atoms. The number of nitrogens with zero attached hydrogens (tertiary/aromatic N) is 1. The average molecular weight is 238 g/mol. The number of hydrogen-bond donors (Lipinski definition) is 1. The summed E-state index contributed by atoms with van der Waals surface area (Å²) >= 11 is 0. The minimum absolute atomic E-state index is 0.139. The molecule has 0 aliphatic rings. The van der Waals surface area contributed by atoms with Crippen LogP contribution < -0.4 is 5.32 Å². The summed E-state index contributed by atoms with van der Waals surface area (Å²) in [4.78, 5) is 10.4. The summed E-state index contributed by atoms with van der Waals surface area (Å²) in [5, 5.41) is 13.9. The normalized spacial score (nSPS) is 10.6. The fraction of sp³-hybridized carbons (Fsp3) is 0.500. The summed E-state index contributed by atoms with van der Waals surface area (Å²) in [5.74, 6) is 0. The molecule has 0 heterocycles. The Labute approximate surface area is 101 Å². The van der Waals surface area contributed by atoms with Gasteiger partial charge in [-0.05, 0) is 26.8 Å². The zero-order valence-corrected chi connectivity index (χ0v) is 10.4. The summed E-state index contributed by atoms with van der Waals surface area (Å²) in [7, 11) is 0. The van der Waals surface area contributed by atoms with E-state index >= 15 is 0 Å². The maximum Gasteiger partial charge on any atom is 0.274 e. The van der Waals surface area contributed by atoms with Crippen LogP contribution in [0.15, 0.2) is 18.2 Å². The lowest BCUT2D eigenvalue weighted by Gasteiger charge is -2.11. The molecule has 1 aromatic carbocycles. The van der Waals surface area contributed by atoms with Crippen LogP contribution in [0.3, 0.4) is 0 Å². The van der Waals surface area contributed by atoms with Crippen molar-refractivity contribution in [2.24, 2.45) is 0 Å². The zero-order valence-electron chi connectivity index (χ0n) is 10.4. The number of nitro benzene ring substituents is 1. The van der Waals surface area contributed by atoms with E-state index in [1.165, 1.54) is 6.07 Å². The third-order valence-electron chi connectivity index (χ3n) is 2.37. The van der Waals surface area contributed by atoms with Crippen LogP contribution in [0.2, 0.25) is 0 Å². The van der Waals surface area contributed by atoms with Crippen molar-refractivity contribution in [3.05, 3.63) is 33.9 Å². The first-order chi connectivity index (χ1) is 8.02. The zero-order chi connectivity index (χ0) is 12.8. The van der Waals surface area contributed by atoms with E-state index < -0.39 is 0 Å². The summed E-state index contributed by atoms with van der Waals surface area (Å²) in [6.45, 7) is 6.90. The van der Waals surface area contributed by atoms with Crippen molar-refractivity contribution < 1.29 is 9.66 Å². The van der Waals surface area contributed by atoms with Crippen LogP contribution in [-0.4, -0.2) is 24.2 Å². The predicted octanol–water partition coefficient (Wildman–Crippen LogP) is 2.74. The van der Waals surface area contributed by atoms with Crippen molar-refractivity contribution in [1.82, 2.24) is 0 Å². The van der Waals surface area contributed by atoms with E-state index in [9.17, 15) is 10.1 Å². The molecule has 94 valence electrons. The minimum atomic E-state index is -0.370. The van der Waals surface area contributed by atoms with Gasteiger partial charge in [0.15, 0.2) is 0 Å². The first-order valence-corrected chi connectivity index (χ1v) is 5.62. The summed E-state index contributed by atoms with van der Waals surface area (Å²) in [5.41, 5.74) is 1.58. The van der Waals surface area contributed by atoms with Gasteiger partial charge in [-0.25, -0.2) is 0 Å². The van der Waals surface area contributed by atoms with E-state index in [0.717, 1.165) is 5.69 Å². The number of anilines is 1. The number of benzene rings is 1. The van der Waals surface area contributed by atoms with Gasteiger partial charge >= 0.3 is 0 Å². The lowest BCUT2D eigenvalue weighted by molar-refractivity contribution is -0.385. The minimum Gasteiger partial charge on any atom is -0.382 e. The maximum atomic E-state index is 10.7. The second kappa shape index (κ2) is 6.20. The molecule has 0 unspecified atom stereocenters. The van der Waals surface area contributed by atoms with Crippen molar-refractivity contribution >= 4 is 11.4 Å². The molecule has 1 rings (SSSR count). The van der Waals surface area contributed by atoms with Crippen LogP contribution in [-0.2, 0) is 4.74 Å². The van der Waals surface area contributed by atoms with Gasteiger partial charge in [0.1, 0.15) is 0 Å². The summed E-state index contributed by atoms with van der Waals surface area (Å²) in [6.07, 6.45) is 0.197. The van der Waals surface area contributed by atoms with Crippen molar-refractivity contribution in [3.63, 3.8) is 0 Å². The fourth-order valence-electron chi connectivity index (χ4n) is 1.49. The highest BCUT2D eigenvalue weighted by Gasteiger charge is 2.12. The van der Waals surface area contributed by atoms with Crippen LogP contribution in [0.5, 0.6) is 0 Å². The topological polar surface area (TPSA) is 64.4 Å². The third-order valence-corrected chi connectivity index (χ3v) is 2.37. The van der Waals surface area contributed by atoms with Gasteiger partial charge in [-0.3, -0.25) is 10.1 Å². The summed E-state index contributed by atoms with van der Waals surface area (Å²) < 4.78 is 5.38. The van der Waals surface area contributed by atoms with E-state index in [-0.39, 0.29) is 16.7 Å². The Balaban J connectivity index is 2.59. The van der Waals surface area contributed by atoms with Gasteiger partial charge in [0.05, 0.1) is 17.6 Å². The van der Waals surface area contributed by atoms with Crippen LogP contribution in [0.4, 0.5) is 11.4 Å². The number of nitrogens with one attached hydrogen (secondary N) is 1. The quantitative estimate of drug-likeness (QED) is 0.470. The Hall–Kier alpha value is -1.62. The fourth-order valence-corrected chi connectivity index (χ4v) is 1.49. The number of nitro groups is 1. The van der Waals surface area contributed by atoms with Crippen molar-refractivity contribution in [2.75, 3.05) is 18.5 Å². The Morgan fingerprint density at radius 1 is 1.47 bits per heavy atom. The lowest BCUT2D eigenvalue weighted by Crippen LogP contribution is -2.13. The largest absolute Gasteiger partial charge is 0.382 e.